The van der Waals surface area contributed by atoms with E-state index in [0.29, 0.717) is 31.4 Å². The number of hydrogen-bond donors (Lipinski definition) is 2. The molecule has 1 aliphatic heterocycles. The van der Waals surface area contributed by atoms with Gasteiger partial charge in [-0.1, -0.05) is 6.92 Å². The minimum atomic E-state index is -0.761. The predicted molar refractivity (Wildman–Crippen MR) is 80.4 cm³/mol. The summed E-state index contributed by atoms with van der Waals surface area (Å²) < 4.78 is 11.1. The number of rotatable bonds is 10. The average molecular weight is 299 g/mol. The smallest absolute Gasteiger partial charge is 0.323 e. The van der Waals surface area contributed by atoms with Gasteiger partial charge in [-0.25, -0.2) is 0 Å². The first-order chi connectivity index (χ1) is 10.2. The average Bonchev–Trinajstić information content (AvgIpc) is 3.30. The molecule has 0 radical (unpaired) electrons. The topological polar surface area (TPSA) is 67.8 Å². The van der Waals surface area contributed by atoms with Gasteiger partial charge in [-0.15, -0.1) is 0 Å². The van der Waals surface area contributed by atoms with Gasteiger partial charge in [-0.2, -0.15) is 0 Å². The maximum Gasteiger partial charge on any atom is 0.323 e. The molecule has 21 heavy (non-hydrogen) atoms. The lowest BCUT2D eigenvalue weighted by Gasteiger charge is -2.30. The summed E-state index contributed by atoms with van der Waals surface area (Å²) in [7, 11) is 0. The van der Waals surface area contributed by atoms with E-state index < -0.39 is 11.5 Å². The quantitative estimate of drug-likeness (QED) is 0.605. The molecule has 1 unspecified atom stereocenters. The molecule has 5 nitrogen and oxygen atoms in total. The van der Waals surface area contributed by atoms with Crippen LogP contribution in [0.3, 0.4) is 0 Å². The Morgan fingerprint density at radius 2 is 2.05 bits per heavy atom. The molecular weight excluding hydrogens is 270 g/mol. The number of carboxylic acid groups (broad SMARTS) is 1. The number of hydrogen-bond acceptors (Lipinski definition) is 4. The van der Waals surface area contributed by atoms with Crippen LogP contribution >= 0.6 is 0 Å². The van der Waals surface area contributed by atoms with Gasteiger partial charge in [0.05, 0.1) is 0 Å². The molecule has 0 aromatic rings. The molecule has 1 atom stereocenters. The van der Waals surface area contributed by atoms with Gasteiger partial charge in [0.25, 0.3) is 0 Å². The minimum Gasteiger partial charge on any atom is -0.480 e. The molecule has 0 spiro atoms. The third kappa shape index (κ3) is 5.24. The number of aliphatic carboxylic acids is 1. The molecule has 1 heterocycles. The summed E-state index contributed by atoms with van der Waals surface area (Å²) in [5, 5.41) is 12.9. The van der Waals surface area contributed by atoms with Gasteiger partial charge in [-0.05, 0) is 50.9 Å². The van der Waals surface area contributed by atoms with E-state index in [4.69, 9.17) is 9.47 Å². The van der Waals surface area contributed by atoms with Crippen LogP contribution in [0.15, 0.2) is 0 Å². The molecule has 2 rings (SSSR count). The first kappa shape index (κ1) is 16.7. The van der Waals surface area contributed by atoms with Crippen LogP contribution in [0.25, 0.3) is 0 Å². The first-order valence-corrected chi connectivity index (χ1v) is 8.33. The second kappa shape index (κ2) is 8.11. The Hall–Kier alpha value is -0.650. The Morgan fingerprint density at radius 3 is 2.62 bits per heavy atom. The monoisotopic (exact) mass is 299 g/mol. The van der Waals surface area contributed by atoms with Crippen LogP contribution < -0.4 is 5.32 Å². The van der Waals surface area contributed by atoms with Crippen molar-refractivity contribution >= 4 is 5.97 Å². The first-order valence-electron chi connectivity index (χ1n) is 8.33. The standard InChI is InChI=1S/C16H29NO4/c1-2-16(15(18)19,17-14-4-5-14)8-3-9-21-12-13-6-10-20-11-7-13/h13-14,17H,2-12H2,1H3,(H,18,19). The highest BCUT2D eigenvalue weighted by Gasteiger charge is 2.40. The summed E-state index contributed by atoms with van der Waals surface area (Å²) in [5.74, 6) is -0.111. The lowest BCUT2D eigenvalue weighted by Crippen LogP contribution is -2.52. The highest BCUT2D eigenvalue weighted by Crippen LogP contribution is 2.27. The van der Waals surface area contributed by atoms with E-state index in [2.05, 4.69) is 5.32 Å². The second-order valence-electron chi connectivity index (χ2n) is 6.39. The number of carbonyl (C=O) groups is 1. The molecule has 0 aromatic carbocycles. The molecule has 2 fully saturated rings. The molecule has 0 aromatic heterocycles. The molecule has 2 aliphatic rings. The van der Waals surface area contributed by atoms with E-state index in [-0.39, 0.29) is 0 Å². The maximum atomic E-state index is 11.6. The number of carboxylic acids is 1. The fourth-order valence-electron chi connectivity index (χ4n) is 2.93. The van der Waals surface area contributed by atoms with Crippen molar-refractivity contribution < 1.29 is 19.4 Å². The Labute approximate surface area is 127 Å². The molecule has 122 valence electrons. The third-order valence-electron chi connectivity index (χ3n) is 4.66. The zero-order valence-electron chi connectivity index (χ0n) is 13.1. The fraction of sp³-hybridized carbons (Fsp3) is 0.938. The number of nitrogens with one attached hydrogen (secondary N) is 1. The van der Waals surface area contributed by atoms with Crippen molar-refractivity contribution in [2.24, 2.45) is 5.92 Å². The van der Waals surface area contributed by atoms with Gasteiger partial charge in [0.15, 0.2) is 0 Å². The van der Waals surface area contributed by atoms with Gasteiger partial charge in [0.1, 0.15) is 5.54 Å². The highest BCUT2D eigenvalue weighted by molar-refractivity contribution is 5.78. The number of ether oxygens (including phenoxy) is 2. The van der Waals surface area contributed by atoms with Crippen LogP contribution in [0.2, 0.25) is 0 Å². The minimum absolute atomic E-state index is 0.407. The normalized spacial score (nSPS) is 22.9. The van der Waals surface area contributed by atoms with Crippen molar-refractivity contribution in [2.75, 3.05) is 26.4 Å². The molecule has 1 aliphatic carbocycles. The van der Waals surface area contributed by atoms with Gasteiger partial charge in [0.2, 0.25) is 0 Å². The van der Waals surface area contributed by atoms with Gasteiger partial charge >= 0.3 is 5.97 Å². The van der Waals surface area contributed by atoms with Gasteiger partial charge in [0, 0.05) is 32.5 Å². The molecule has 0 bridgehead atoms. The van der Waals surface area contributed by atoms with Crippen LogP contribution in [-0.4, -0.2) is 49.1 Å². The molecule has 5 heteroatoms. The van der Waals surface area contributed by atoms with Crippen molar-refractivity contribution in [3.8, 4) is 0 Å². The summed E-state index contributed by atoms with van der Waals surface area (Å²) >= 11 is 0. The lowest BCUT2D eigenvalue weighted by molar-refractivity contribution is -0.145. The van der Waals surface area contributed by atoms with E-state index in [0.717, 1.165) is 51.9 Å². The van der Waals surface area contributed by atoms with Crippen LogP contribution in [-0.2, 0) is 14.3 Å². The summed E-state index contributed by atoms with van der Waals surface area (Å²) in [6.45, 7) is 5.07. The zero-order chi connectivity index (χ0) is 15.1. The van der Waals surface area contributed by atoms with E-state index in [1.165, 1.54) is 0 Å². The maximum absolute atomic E-state index is 11.6. The van der Waals surface area contributed by atoms with Crippen LogP contribution in [0.1, 0.15) is 51.9 Å². The third-order valence-corrected chi connectivity index (χ3v) is 4.66. The van der Waals surface area contributed by atoms with Crippen LogP contribution in [0.5, 0.6) is 0 Å². The molecule has 2 N–H and O–H groups in total. The highest BCUT2D eigenvalue weighted by atomic mass is 16.5. The zero-order valence-corrected chi connectivity index (χ0v) is 13.1. The van der Waals surface area contributed by atoms with E-state index in [1.807, 2.05) is 6.92 Å². The Balaban J connectivity index is 1.65. The SMILES string of the molecule is CCC(CCCOCC1CCOCC1)(NC1CC1)C(=O)O. The lowest BCUT2D eigenvalue weighted by atomic mass is 9.90. The Kier molecular flexibility index (Phi) is 6.45. The van der Waals surface area contributed by atoms with Crippen LogP contribution in [0, 0.1) is 5.92 Å². The van der Waals surface area contributed by atoms with E-state index in [9.17, 15) is 9.90 Å². The largest absolute Gasteiger partial charge is 0.480 e. The molecule has 1 saturated carbocycles. The molecule has 1 saturated heterocycles. The fourth-order valence-corrected chi connectivity index (χ4v) is 2.93. The summed E-state index contributed by atoms with van der Waals surface area (Å²) in [6.07, 6.45) is 6.43. The molecule has 0 amide bonds. The summed E-state index contributed by atoms with van der Waals surface area (Å²) in [6, 6.07) is 0.407. The Morgan fingerprint density at radius 1 is 1.33 bits per heavy atom. The van der Waals surface area contributed by atoms with Crippen molar-refractivity contribution in [1.82, 2.24) is 5.32 Å². The van der Waals surface area contributed by atoms with Crippen molar-refractivity contribution in [3.63, 3.8) is 0 Å². The summed E-state index contributed by atoms with van der Waals surface area (Å²) in [5.41, 5.74) is -0.761. The predicted octanol–water partition coefficient (Wildman–Crippen LogP) is 2.20. The van der Waals surface area contributed by atoms with Crippen molar-refractivity contribution in [3.05, 3.63) is 0 Å². The van der Waals surface area contributed by atoms with E-state index >= 15 is 0 Å². The van der Waals surface area contributed by atoms with E-state index in [1.54, 1.807) is 0 Å². The van der Waals surface area contributed by atoms with Crippen molar-refractivity contribution in [2.45, 2.75) is 63.5 Å². The van der Waals surface area contributed by atoms with Gasteiger partial charge < -0.3 is 14.6 Å². The molecular formula is C16H29NO4. The summed E-state index contributed by atoms with van der Waals surface area (Å²) in [4.78, 5) is 11.6. The van der Waals surface area contributed by atoms with Gasteiger partial charge in [-0.3, -0.25) is 10.1 Å². The van der Waals surface area contributed by atoms with Crippen molar-refractivity contribution in [1.29, 1.82) is 0 Å². The van der Waals surface area contributed by atoms with Crippen LogP contribution in [0.4, 0.5) is 0 Å². The Bertz CT molecular complexity index is 326. The second-order valence-corrected chi connectivity index (χ2v) is 6.39.